The zero-order valence-corrected chi connectivity index (χ0v) is 12.1. The summed E-state index contributed by atoms with van der Waals surface area (Å²) in [4.78, 5) is 2.52. The van der Waals surface area contributed by atoms with Crippen LogP contribution < -0.4 is 5.73 Å². The van der Waals surface area contributed by atoms with E-state index in [1.165, 1.54) is 11.1 Å². The van der Waals surface area contributed by atoms with Gasteiger partial charge in [-0.15, -0.1) is 0 Å². The molecule has 100 valence electrons. The van der Waals surface area contributed by atoms with Crippen LogP contribution in [0.2, 0.25) is 0 Å². The highest BCUT2D eigenvalue weighted by Gasteiger charge is 2.34. The van der Waals surface area contributed by atoms with Gasteiger partial charge in [0.2, 0.25) is 0 Å². The number of likely N-dealkylation sites (tertiary alicyclic amines) is 1. The molecule has 0 saturated carbocycles. The van der Waals surface area contributed by atoms with E-state index < -0.39 is 0 Å². The predicted molar refractivity (Wildman–Crippen MR) is 77.7 cm³/mol. The average Bonchev–Trinajstić information content (AvgIpc) is 2.71. The molecule has 0 radical (unpaired) electrons. The molecule has 2 nitrogen and oxygen atoms in total. The molecule has 0 amide bonds. The highest BCUT2D eigenvalue weighted by atomic mass is 15.2. The first-order valence-corrected chi connectivity index (χ1v) is 7.12. The largest absolute Gasteiger partial charge is 0.326 e. The summed E-state index contributed by atoms with van der Waals surface area (Å²) < 4.78 is 0. The maximum Gasteiger partial charge on any atom is 0.0502 e. The summed E-state index contributed by atoms with van der Waals surface area (Å²) in [5.41, 5.74) is 9.07. The number of rotatable bonds is 3. The highest BCUT2D eigenvalue weighted by Crippen LogP contribution is 2.33. The Labute approximate surface area is 111 Å². The molecule has 1 aromatic carbocycles. The topological polar surface area (TPSA) is 29.3 Å². The van der Waals surface area contributed by atoms with Crippen molar-refractivity contribution in [2.75, 3.05) is 6.54 Å². The molecule has 1 heterocycles. The first-order chi connectivity index (χ1) is 8.50. The van der Waals surface area contributed by atoms with Crippen molar-refractivity contribution in [2.24, 2.45) is 5.73 Å². The third-order valence-corrected chi connectivity index (χ3v) is 4.09. The summed E-state index contributed by atoms with van der Waals surface area (Å²) in [7, 11) is 0. The van der Waals surface area contributed by atoms with Crippen molar-refractivity contribution in [3.8, 4) is 0 Å². The van der Waals surface area contributed by atoms with Gasteiger partial charge >= 0.3 is 0 Å². The first kappa shape index (κ1) is 13.6. The molecule has 18 heavy (non-hydrogen) atoms. The normalized spacial score (nSPS) is 25.3. The molecule has 0 aromatic heterocycles. The van der Waals surface area contributed by atoms with E-state index >= 15 is 0 Å². The molecule has 1 aliphatic heterocycles. The maximum atomic E-state index is 6.30. The van der Waals surface area contributed by atoms with Gasteiger partial charge in [0.1, 0.15) is 0 Å². The van der Waals surface area contributed by atoms with Crippen LogP contribution in [0.4, 0.5) is 0 Å². The van der Waals surface area contributed by atoms with Gasteiger partial charge in [-0.3, -0.25) is 4.90 Å². The van der Waals surface area contributed by atoms with Crippen LogP contribution in [0.1, 0.15) is 57.2 Å². The van der Waals surface area contributed by atoms with Crippen LogP contribution in [0.15, 0.2) is 24.3 Å². The van der Waals surface area contributed by atoms with Crippen LogP contribution in [-0.2, 0) is 0 Å². The molecule has 1 fully saturated rings. The van der Waals surface area contributed by atoms with Gasteiger partial charge in [-0.05, 0) is 37.3 Å². The van der Waals surface area contributed by atoms with E-state index in [4.69, 9.17) is 5.73 Å². The van der Waals surface area contributed by atoms with Crippen molar-refractivity contribution in [3.05, 3.63) is 35.4 Å². The Kier molecular flexibility index (Phi) is 4.08. The molecule has 0 aliphatic carbocycles. The second-order valence-electron chi connectivity index (χ2n) is 6.05. The van der Waals surface area contributed by atoms with Gasteiger partial charge in [0, 0.05) is 18.6 Å². The summed E-state index contributed by atoms with van der Waals surface area (Å²) in [5, 5.41) is 0. The van der Waals surface area contributed by atoms with E-state index in [1.54, 1.807) is 0 Å². The fourth-order valence-electron chi connectivity index (χ4n) is 2.94. The van der Waals surface area contributed by atoms with Gasteiger partial charge in [-0.25, -0.2) is 0 Å². The van der Waals surface area contributed by atoms with Gasteiger partial charge in [0.15, 0.2) is 0 Å². The molecule has 0 spiro atoms. The molecule has 2 rings (SSSR count). The Morgan fingerprint density at radius 2 is 1.72 bits per heavy atom. The van der Waals surface area contributed by atoms with E-state index in [-0.39, 0.29) is 6.04 Å². The lowest BCUT2D eigenvalue weighted by molar-refractivity contribution is 0.198. The zero-order valence-electron chi connectivity index (χ0n) is 12.1. The van der Waals surface area contributed by atoms with Gasteiger partial charge in [0.25, 0.3) is 0 Å². The van der Waals surface area contributed by atoms with Gasteiger partial charge in [0.05, 0.1) is 6.04 Å². The van der Waals surface area contributed by atoms with Crippen LogP contribution in [-0.4, -0.2) is 23.5 Å². The Morgan fingerprint density at radius 3 is 2.22 bits per heavy atom. The summed E-state index contributed by atoms with van der Waals surface area (Å²) in [6, 6.07) is 10.3. The van der Waals surface area contributed by atoms with Crippen molar-refractivity contribution >= 4 is 0 Å². The maximum absolute atomic E-state index is 6.30. The van der Waals surface area contributed by atoms with Crippen LogP contribution in [0.5, 0.6) is 0 Å². The number of hydrogen-bond acceptors (Lipinski definition) is 2. The number of benzene rings is 1. The minimum Gasteiger partial charge on any atom is -0.326 e. The summed E-state index contributed by atoms with van der Waals surface area (Å²) in [6.07, 6.45) is 1.11. The lowest BCUT2D eigenvalue weighted by Crippen LogP contribution is -2.35. The van der Waals surface area contributed by atoms with Crippen LogP contribution in [0.25, 0.3) is 0 Å². The molecule has 2 atom stereocenters. The van der Waals surface area contributed by atoms with E-state index in [1.807, 2.05) is 0 Å². The van der Waals surface area contributed by atoms with E-state index in [2.05, 4.69) is 56.9 Å². The molecule has 1 aliphatic rings. The SMILES string of the molecule is CC(C)c1ccc(C2C(N)CCN2C(C)C)cc1. The van der Waals surface area contributed by atoms with Crippen molar-refractivity contribution in [1.82, 2.24) is 4.90 Å². The van der Waals surface area contributed by atoms with Crippen LogP contribution in [0.3, 0.4) is 0 Å². The second kappa shape index (κ2) is 5.41. The van der Waals surface area contributed by atoms with Crippen molar-refractivity contribution < 1.29 is 0 Å². The molecule has 2 heteroatoms. The Hall–Kier alpha value is -0.860. The quantitative estimate of drug-likeness (QED) is 0.886. The molecule has 2 N–H and O–H groups in total. The third kappa shape index (κ3) is 2.60. The first-order valence-electron chi connectivity index (χ1n) is 7.12. The molecule has 0 bridgehead atoms. The summed E-state index contributed by atoms with van der Waals surface area (Å²) >= 11 is 0. The monoisotopic (exact) mass is 246 g/mol. The Balaban J connectivity index is 2.23. The van der Waals surface area contributed by atoms with Crippen molar-refractivity contribution in [1.29, 1.82) is 0 Å². The highest BCUT2D eigenvalue weighted by molar-refractivity contribution is 5.28. The predicted octanol–water partition coefficient (Wildman–Crippen LogP) is 3.29. The lowest BCUT2D eigenvalue weighted by Gasteiger charge is -2.30. The minimum absolute atomic E-state index is 0.275. The molecular formula is C16H26N2. The standard InChI is InChI=1S/C16H26N2/c1-11(2)13-5-7-14(8-6-13)16-15(17)9-10-18(16)12(3)4/h5-8,11-12,15-16H,9-10,17H2,1-4H3. The fourth-order valence-corrected chi connectivity index (χ4v) is 2.94. The molecule has 1 aromatic rings. The van der Waals surface area contributed by atoms with Gasteiger partial charge in [-0.1, -0.05) is 38.1 Å². The van der Waals surface area contributed by atoms with Crippen molar-refractivity contribution in [2.45, 2.75) is 58.2 Å². The fraction of sp³-hybridized carbons (Fsp3) is 0.625. The lowest BCUT2D eigenvalue weighted by atomic mass is 9.96. The van der Waals surface area contributed by atoms with Gasteiger partial charge in [-0.2, -0.15) is 0 Å². The Bertz CT molecular complexity index is 381. The average molecular weight is 246 g/mol. The zero-order chi connectivity index (χ0) is 13.3. The van der Waals surface area contributed by atoms with E-state index in [0.29, 0.717) is 18.0 Å². The number of hydrogen-bond donors (Lipinski definition) is 1. The summed E-state index contributed by atoms with van der Waals surface area (Å²) in [5.74, 6) is 0.595. The Morgan fingerprint density at radius 1 is 1.11 bits per heavy atom. The molecular weight excluding hydrogens is 220 g/mol. The van der Waals surface area contributed by atoms with E-state index in [0.717, 1.165) is 13.0 Å². The molecule has 1 saturated heterocycles. The minimum atomic E-state index is 0.275. The number of nitrogens with zero attached hydrogens (tertiary/aromatic N) is 1. The van der Waals surface area contributed by atoms with Crippen LogP contribution >= 0.6 is 0 Å². The van der Waals surface area contributed by atoms with Crippen molar-refractivity contribution in [3.63, 3.8) is 0 Å². The smallest absolute Gasteiger partial charge is 0.0502 e. The third-order valence-electron chi connectivity index (χ3n) is 4.09. The van der Waals surface area contributed by atoms with E-state index in [9.17, 15) is 0 Å². The second-order valence-corrected chi connectivity index (χ2v) is 6.05. The van der Waals surface area contributed by atoms with Gasteiger partial charge < -0.3 is 5.73 Å². The summed E-state index contributed by atoms with van der Waals surface area (Å²) in [6.45, 7) is 10.1. The number of nitrogens with two attached hydrogens (primary N) is 1. The molecule has 2 unspecified atom stereocenters. The van der Waals surface area contributed by atoms with Crippen LogP contribution in [0, 0.1) is 0 Å².